The first kappa shape index (κ1) is 14.5. The van der Waals surface area contributed by atoms with Crippen molar-refractivity contribution < 1.29 is 8.42 Å². The van der Waals surface area contributed by atoms with Crippen molar-refractivity contribution >= 4 is 9.84 Å². The third kappa shape index (κ3) is 3.57. The van der Waals surface area contributed by atoms with Crippen LogP contribution in [0.25, 0.3) is 0 Å². The van der Waals surface area contributed by atoms with Gasteiger partial charge in [0, 0.05) is 6.04 Å². The van der Waals surface area contributed by atoms with Crippen LogP contribution in [0.4, 0.5) is 0 Å². The van der Waals surface area contributed by atoms with Gasteiger partial charge in [-0.15, -0.1) is 0 Å². The maximum Gasteiger partial charge on any atom is 0.150 e. The smallest absolute Gasteiger partial charge is 0.150 e. The van der Waals surface area contributed by atoms with E-state index in [2.05, 4.69) is 36.5 Å². The summed E-state index contributed by atoms with van der Waals surface area (Å²) in [5.41, 5.74) is 2.55. The first-order valence-corrected chi connectivity index (χ1v) is 8.84. The van der Waals surface area contributed by atoms with Crippen LogP contribution in [-0.4, -0.2) is 27.0 Å². The van der Waals surface area contributed by atoms with Crippen molar-refractivity contribution in [3.63, 3.8) is 0 Å². The zero-order valence-corrected chi connectivity index (χ0v) is 12.5. The van der Waals surface area contributed by atoms with Crippen molar-refractivity contribution in [1.29, 1.82) is 0 Å². The molecule has 4 heteroatoms. The summed E-state index contributed by atoms with van der Waals surface area (Å²) in [5.74, 6) is 0.855. The molecule has 0 aliphatic carbocycles. The maximum atomic E-state index is 11.6. The predicted molar refractivity (Wildman–Crippen MR) is 79.0 cm³/mol. The number of hydrogen-bond acceptors (Lipinski definition) is 3. The van der Waals surface area contributed by atoms with Gasteiger partial charge in [-0.1, -0.05) is 37.6 Å². The van der Waals surface area contributed by atoms with E-state index in [9.17, 15) is 8.42 Å². The monoisotopic (exact) mass is 281 g/mol. The van der Waals surface area contributed by atoms with E-state index >= 15 is 0 Å². The third-order valence-electron chi connectivity index (χ3n) is 3.90. The summed E-state index contributed by atoms with van der Waals surface area (Å²) in [4.78, 5) is 0. The molecular weight excluding hydrogens is 258 g/mol. The molecule has 1 aliphatic heterocycles. The molecule has 1 heterocycles. The molecule has 0 aromatic heterocycles. The zero-order chi connectivity index (χ0) is 13.9. The summed E-state index contributed by atoms with van der Waals surface area (Å²) in [7, 11) is -0.900. The second-order valence-corrected chi connectivity index (χ2v) is 7.65. The van der Waals surface area contributed by atoms with Crippen LogP contribution >= 0.6 is 0 Å². The van der Waals surface area contributed by atoms with E-state index in [0.717, 1.165) is 19.3 Å². The fourth-order valence-electron chi connectivity index (χ4n) is 2.99. The summed E-state index contributed by atoms with van der Waals surface area (Å²) in [6.07, 6.45) is 2.98. The van der Waals surface area contributed by atoms with Gasteiger partial charge < -0.3 is 5.32 Å². The highest BCUT2D eigenvalue weighted by molar-refractivity contribution is 7.91. The predicted octanol–water partition coefficient (Wildman–Crippen LogP) is 2.33. The van der Waals surface area contributed by atoms with E-state index in [1.165, 1.54) is 11.1 Å². The van der Waals surface area contributed by atoms with Crippen LogP contribution in [0, 0.1) is 5.92 Å². The molecule has 1 saturated heterocycles. The Kier molecular flexibility index (Phi) is 4.63. The van der Waals surface area contributed by atoms with E-state index in [-0.39, 0.29) is 12.0 Å². The number of nitrogens with one attached hydrogen (secondary N) is 1. The molecule has 0 spiro atoms. The minimum Gasteiger partial charge on any atom is -0.313 e. The summed E-state index contributed by atoms with van der Waals surface area (Å²) in [5, 5.41) is 3.30. The van der Waals surface area contributed by atoms with E-state index < -0.39 is 9.84 Å². The molecule has 19 heavy (non-hydrogen) atoms. The highest BCUT2D eigenvalue weighted by atomic mass is 32.2. The lowest BCUT2D eigenvalue weighted by atomic mass is 9.91. The van der Waals surface area contributed by atoms with E-state index in [0.29, 0.717) is 11.5 Å². The molecule has 1 aromatic rings. The van der Waals surface area contributed by atoms with Gasteiger partial charge in [0.2, 0.25) is 0 Å². The number of hydrogen-bond donors (Lipinski definition) is 1. The Morgan fingerprint density at radius 1 is 1.42 bits per heavy atom. The molecule has 1 N–H and O–H groups in total. The van der Waals surface area contributed by atoms with Crippen molar-refractivity contribution in [2.24, 2.45) is 5.92 Å². The summed E-state index contributed by atoms with van der Waals surface area (Å²) < 4.78 is 23.3. The minimum atomic E-state index is -2.82. The van der Waals surface area contributed by atoms with Gasteiger partial charge in [-0.3, -0.25) is 0 Å². The number of sulfone groups is 1. The van der Waals surface area contributed by atoms with E-state index in [1.54, 1.807) is 0 Å². The molecule has 106 valence electrons. The Labute approximate surface area is 116 Å². The van der Waals surface area contributed by atoms with Crippen LogP contribution in [0.15, 0.2) is 24.3 Å². The molecule has 0 saturated carbocycles. The molecular formula is C15H23NO2S. The standard InChI is InChI=1S/C15H23NO2S/c1-3-5-12-6-4-7-13(10-12)15(16-2)14-8-9-19(17,18)11-14/h4,6-7,10,14-16H,3,5,8-9,11H2,1-2H3. The normalized spacial score (nSPS) is 23.4. The van der Waals surface area contributed by atoms with Gasteiger partial charge in [0.25, 0.3) is 0 Å². The minimum absolute atomic E-state index is 0.147. The number of rotatable bonds is 5. The van der Waals surface area contributed by atoms with Crippen LogP contribution in [0.5, 0.6) is 0 Å². The highest BCUT2D eigenvalue weighted by Crippen LogP contribution is 2.31. The van der Waals surface area contributed by atoms with Crippen molar-refractivity contribution in [1.82, 2.24) is 5.32 Å². The Morgan fingerprint density at radius 3 is 2.79 bits per heavy atom. The van der Waals surface area contributed by atoms with Gasteiger partial charge in [-0.25, -0.2) is 8.42 Å². The number of benzene rings is 1. The molecule has 2 rings (SSSR count). The van der Waals surface area contributed by atoms with E-state index in [1.807, 2.05) is 7.05 Å². The lowest BCUT2D eigenvalue weighted by Gasteiger charge is -2.23. The van der Waals surface area contributed by atoms with Gasteiger partial charge in [0.05, 0.1) is 11.5 Å². The van der Waals surface area contributed by atoms with Gasteiger partial charge in [0.15, 0.2) is 9.84 Å². The van der Waals surface area contributed by atoms with Crippen LogP contribution in [-0.2, 0) is 16.3 Å². The summed E-state index contributed by atoms with van der Waals surface area (Å²) in [6, 6.07) is 8.69. The molecule has 2 atom stereocenters. The van der Waals surface area contributed by atoms with Crippen molar-refractivity contribution in [2.75, 3.05) is 18.6 Å². The second kappa shape index (κ2) is 6.06. The Hall–Kier alpha value is -0.870. The quantitative estimate of drug-likeness (QED) is 0.901. The van der Waals surface area contributed by atoms with Gasteiger partial charge >= 0.3 is 0 Å². The highest BCUT2D eigenvalue weighted by Gasteiger charge is 2.33. The maximum absolute atomic E-state index is 11.6. The topological polar surface area (TPSA) is 46.2 Å². The van der Waals surface area contributed by atoms with Crippen molar-refractivity contribution in [3.8, 4) is 0 Å². The second-order valence-electron chi connectivity index (χ2n) is 5.42. The molecule has 3 nitrogen and oxygen atoms in total. The average molecular weight is 281 g/mol. The first-order valence-electron chi connectivity index (χ1n) is 7.02. The SMILES string of the molecule is CCCc1cccc(C(NC)C2CCS(=O)(=O)C2)c1. The lowest BCUT2D eigenvalue weighted by molar-refractivity contribution is 0.418. The molecule has 0 amide bonds. The van der Waals surface area contributed by atoms with Crippen molar-refractivity contribution in [3.05, 3.63) is 35.4 Å². The fraction of sp³-hybridized carbons (Fsp3) is 0.600. The summed E-state index contributed by atoms with van der Waals surface area (Å²) in [6.45, 7) is 2.17. The van der Waals surface area contributed by atoms with Gasteiger partial charge in [-0.05, 0) is 36.9 Å². The molecule has 1 fully saturated rings. The van der Waals surface area contributed by atoms with Crippen LogP contribution in [0.2, 0.25) is 0 Å². The lowest BCUT2D eigenvalue weighted by Crippen LogP contribution is -2.26. The van der Waals surface area contributed by atoms with Gasteiger partial charge in [-0.2, -0.15) is 0 Å². The number of aryl methyl sites for hydroxylation is 1. The van der Waals surface area contributed by atoms with E-state index in [4.69, 9.17) is 0 Å². The Balaban J connectivity index is 2.20. The molecule has 2 unspecified atom stereocenters. The largest absolute Gasteiger partial charge is 0.313 e. The van der Waals surface area contributed by atoms with Crippen molar-refractivity contribution in [2.45, 2.75) is 32.2 Å². The van der Waals surface area contributed by atoms with Crippen LogP contribution in [0.3, 0.4) is 0 Å². The van der Waals surface area contributed by atoms with Crippen LogP contribution in [0.1, 0.15) is 36.9 Å². The molecule has 0 bridgehead atoms. The Bertz CT molecular complexity index is 525. The molecule has 0 radical (unpaired) electrons. The zero-order valence-electron chi connectivity index (χ0n) is 11.7. The van der Waals surface area contributed by atoms with Gasteiger partial charge in [0.1, 0.15) is 0 Å². The average Bonchev–Trinajstić information content (AvgIpc) is 2.72. The first-order chi connectivity index (χ1) is 9.05. The third-order valence-corrected chi connectivity index (χ3v) is 5.69. The fourth-order valence-corrected chi connectivity index (χ4v) is 4.83. The summed E-state index contributed by atoms with van der Waals surface area (Å²) >= 11 is 0. The molecule has 1 aromatic carbocycles. The Morgan fingerprint density at radius 2 is 2.21 bits per heavy atom. The van der Waals surface area contributed by atoms with Crippen LogP contribution < -0.4 is 5.32 Å². The molecule has 1 aliphatic rings.